The number of phenols is 2. The molecule has 0 unspecified atom stereocenters. The number of benzene rings is 6. The number of rotatable bonds is 4. The van der Waals surface area contributed by atoms with E-state index < -0.39 is 23.6 Å². The number of amides is 4. The molecule has 0 spiro atoms. The fraction of sp³-hybridized carbons (Fsp3) is 0. The van der Waals surface area contributed by atoms with Crippen LogP contribution in [0, 0.1) is 0 Å². The number of phenolic OH excluding ortho intramolecular Hbond substituents is 2. The fourth-order valence-corrected chi connectivity index (χ4v) is 5.63. The number of aromatic hydroxyl groups is 2. The summed E-state index contributed by atoms with van der Waals surface area (Å²) in [6, 6.07) is 34.9. The van der Waals surface area contributed by atoms with Crippen LogP contribution in [0.15, 0.2) is 132 Å². The lowest BCUT2D eigenvalue weighted by Crippen LogP contribution is -2.24. The van der Waals surface area contributed by atoms with E-state index in [0.29, 0.717) is 33.4 Å². The minimum atomic E-state index is -0.466. The van der Waals surface area contributed by atoms with Gasteiger partial charge in [0, 0.05) is 11.1 Å². The van der Waals surface area contributed by atoms with E-state index in [1.54, 1.807) is 72.8 Å². The van der Waals surface area contributed by atoms with Crippen LogP contribution in [0.2, 0.25) is 0 Å². The van der Waals surface area contributed by atoms with Gasteiger partial charge in [0.1, 0.15) is 11.5 Å². The SMILES string of the molecule is O=C1c2ccccc2C(=O)N1/N=C/c1c(O)ccc2ccccc12.O=C1c2ccccc2C(=O)N1/N=C/c1c(O)ccc2ccccc12. The Bertz CT molecular complexity index is 2140. The normalized spacial score (nSPS) is 13.9. The van der Waals surface area contributed by atoms with Gasteiger partial charge in [-0.15, -0.1) is 0 Å². The summed E-state index contributed by atoms with van der Waals surface area (Å²) in [5.74, 6) is -1.79. The van der Waals surface area contributed by atoms with Crippen molar-refractivity contribution in [2.75, 3.05) is 0 Å². The summed E-state index contributed by atoms with van der Waals surface area (Å²) >= 11 is 0. The van der Waals surface area contributed by atoms with E-state index in [-0.39, 0.29) is 11.5 Å². The molecule has 2 heterocycles. The van der Waals surface area contributed by atoms with Crippen LogP contribution < -0.4 is 0 Å². The van der Waals surface area contributed by atoms with Gasteiger partial charge < -0.3 is 10.2 Å². The van der Waals surface area contributed by atoms with Crippen LogP contribution >= 0.6 is 0 Å². The summed E-state index contributed by atoms with van der Waals surface area (Å²) in [6.45, 7) is 0. The molecular weight excluding hydrogens is 608 g/mol. The summed E-state index contributed by atoms with van der Waals surface area (Å²) in [6.07, 6.45) is 2.69. The van der Waals surface area contributed by atoms with Crippen molar-refractivity contribution in [1.82, 2.24) is 10.0 Å². The molecule has 6 aromatic carbocycles. The van der Waals surface area contributed by atoms with Crippen molar-refractivity contribution in [3.8, 4) is 11.5 Å². The quantitative estimate of drug-likeness (QED) is 0.171. The number of hydrogen-bond acceptors (Lipinski definition) is 8. The highest BCUT2D eigenvalue weighted by molar-refractivity contribution is 6.22. The molecule has 2 aliphatic heterocycles. The smallest absolute Gasteiger partial charge is 0.282 e. The minimum absolute atomic E-state index is 0.0362. The Balaban J connectivity index is 0.000000152. The Hall–Kier alpha value is -6.94. The zero-order chi connectivity index (χ0) is 33.4. The number of hydrogen-bond donors (Lipinski definition) is 2. The molecule has 6 aromatic rings. The van der Waals surface area contributed by atoms with E-state index in [9.17, 15) is 29.4 Å². The standard InChI is InChI=1S/2C19H12N2O3/c2*22-17-10-9-12-5-1-2-6-13(12)16(17)11-20-21-18(23)14-7-3-4-8-15(14)19(21)24/h2*1-11,22H/b2*20-11+. The molecule has 0 aromatic heterocycles. The second-order valence-corrected chi connectivity index (χ2v) is 10.9. The summed E-state index contributed by atoms with van der Waals surface area (Å²) in [5.41, 5.74) is 2.27. The Morgan fingerprint density at radius 3 is 1.08 bits per heavy atom. The molecule has 0 aliphatic carbocycles. The summed E-state index contributed by atoms with van der Waals surface area (Å²) < 4.78 is 0. The summed E-state index contributed by atoms with van der Waals surface area (Å²) in [5, 5.41) is 33.4. The summed E-state index contributed by atoms with van der Waals surface area (Å²) in [7, 11) is 0. The van der Waals surface area contributed by atoms with E-state index in [1.807, 2.05) is 48.5 Å². The predicted molar refractivity (Wildman–Crippen MR) is 180 cm³/mol. The van der Waals surface area contributed by atoms with Crippen LogP contribution in [-0.2, 0) is 0 Å². The van der Waals surface area contributed by atoms with Crippen LogP contribution in [0.5, 0.6) is 11.5 Å². The number of carbonyl (C=O) groups is 4. The Labute approximate surface area is 273 Å². The number of imide groups is 2. The van der Waals surface area contributed by atoms with Crippen molar-refractivity contribution < 1.29 is 29.4 Å². The lowest BCUT2D eigenvalue weighted by molar-refractivity contribution is 0.0645. The highest BCUT2D eigenvalue weighted by Crippen LogP contribution is 2.29. The molecule has 48 heavy (non-hydrogen) atoms. The third-order valence-corrected chi connectivity index (χ3v) is 8.05. The Morgan fingerprint density at radius 2 is 0.729 bits per heavy atom. The van der Waals surface area contributed by atoms with Gasteiger partial charge in [-0.05, 0) is 57.9 Å². The molecule has 10 nitrogen and oxygen atoms in total. The number of hydrazone groups is 2. The van der Waals surface area contributed by atoms with Gasteiger partial charge in [-0.1, -0.05) is 84.9 Å². The fourth-order valence-electron chi connectivity index (χ4n) is 5.63. The van der Waals surface area contributed by atoms with Gasteiger partial charge in [-0.25, -0.2) is 0 Å². The molecule has 232 valence electrons. The van der Waals surface area contributed by atoms with E-state index in [1.165, 1.54) is 12.4 Å². The van der Waals surface area contributed by atoms with Crippen LogP contribution in [-0.4, -0.2) is 56.3 Å². The number of fused-ring (bicyclic) bond motifs is 4. The number of nitrogens with zero attached hydrogens (tertiary/aromatic N) is 4. The zero-order valence-electron chi connectivity index (χ0n) is 25.0. The molecule has 0 atom stereocenters. The lowest BCUT2D eigenvalue weighted by atomic mass is 10.0. The van der Waals surface area contributed by atoms with Crippen LogP contribution in [0.3, 0.4) is 0 Å². The van der Waals surface area contributed by atoms with Gasteiger partial charge in [0.25, 0.3) is 23.6 Å². The van der Waals surface area contributed by atoms with Crippen molar-refractivity contribution in [2.45, 2.75) is 0 Å². The Kier molecular flexibility index (Phi) is 7.50. The van der Waals surface area contributed by atoms with Gasteiger partial charge >= 0.3 is 0 Å². The second-order valence-electron chi connectivity index (χ2n) is 10.9. The molecule has 2 aliphatic rings. The van der Waals surface area contributed by atoms with Crippen molar-refractivity contribution in [1.29, 1.82) is 0 Å². The minimum Gasteiger partial charge on any atom is -0.507 e. The van der Waals surface area contributed by atoms with E-state index in [4.69, 9.17) is 0 Å². The molecule has 0 saturated carbocycles. The lowest BCUT2D eigenvalue weighted by Gasteiger charge is -2.08. The first-order valence-electron chi connectivity index (χ1n) is 14.8. The van der Waals surface area contributed by atoms with Crippen molar-refractivity contribution >= 4 is 57.6 Å². The Morgan fingerprint density at radius 1 is 0.417 bits per heavy atom. The molecule has 0 saturated heterocycles. The maximum absolute atomic E-state index is 12.3. The average Bonchev–Trinajstić information content (AvgIpc) is 3.51. The van der Waals surface area contributed by atoms with Crippen LogP contribution in [0.25, 0.3) is 21.5 Å². The van der Waals surface area contributed by atoms with Gasteiger partial charge in [0.15, 0.2) is 0 Å². The first-order valence-corrected chi connectivity index (χ1v) is 14.8. The topological polar surface area (TPSA) is 140 Å². The third kappa shape index (κ3) is 5.13. The van der Waals surface area contributed by atoms with Crippen molar-refractivity contribution in [3.05, 3.63) is 155 Å². The maximum atomic E-state index is 12.3. The molecule has 10 heteroatoms. The largest absolute Gasteiger partial charge is 0.507 e. The molecule has 0 radical (unpaired) electrons. The van der Waals surface area contributed by atoms with E-state index in [0.717, 1.165) is 31.6 Å². The second kappa shape index (κ2) is 12.1. The molecule has 0 bridgehead atoms. The third-order valence-electron chi connectivity index (χ3n) is 8.05. The van der Waals surface area contributed by atoms with Gasteiger partial charge in [0.2, 0.25) is 0 Å². The highest BCUT2D eigenvalue weighted by Gasteiger charge is 2.36. The monoisotopic (exact) mass is 632 g/mol. The van der Waals surface area contributed by atoms with E-state index in [2.05, 4.69) is 10.2 Å². The molecular formula is C38H24N4O6. The van der Waals surface area contributed by atoms with Gasteiger partial charge in [-0.3, -0.25) is 19.2 Å². The van der Waals surface area contributed by atoms with Crippen molar-refractivity contribution in [2.24, 2.45) is 10.2 Å². The molecule has 4 amide bonds. The molecule has 8 rings (SSSR count). The highest BCUT2D eigenvalue weighted by atomic mass is 16.3. The predicted octanol–water partition coefficient (Wildman–Crippen LogP) is 6.35. The number of carbonyl (C=O) groups excluding carboxylic acids is 4. The van der Waals surface area contributed by atoms with E-state index >= 15 is 0 Å². The molecule has 0 fully saturated rings. The van der Waals surface area contributed by atoms with Crippen molar-refractivity contribution in [3.63, 3.8) is 0 Å². The first-order chi connectivity index (χ1) is 23.3. The van der Waals surface area contributed by atoms with Crippen LogP contribution in [0.1, 0.15) is 52.6 Å². The first kappa shape index (κ1) is 29.8. The van der Waals surface area contributed by atoms with Gasteiger partial charge in [-0.2, -0.15) is 20.2 Å². The van der Waals surface area contributed by atoms with Gasteiger partial charge in [0.05, 0.1) is 34.7 Å². The maximum Gasteiger partial charge on any atom is 0.282 e. The average molecular weight is 633 g/mol. The van der Waals surface area contributed by atoms with Crippen LogP contribution in [0.4, 0.5) is 0 Å². The molecule has 2 N–H and O–H groups in total. The zero-order valence-corrected chi connectivity index (χ0v) is 25.0. The summed E-state index contributed by atoms with van der Waals surface area (Å²) in [4.78, 5) is 49.2.